The number of nitrogens with zero attached hydrogens (tertiary/aromatic N) is 1. The molecular formula is C21H15BrClNO3. The van der Waals surface area contributed by atoms with Crippen molar-refractivity contribution in [3.05, 3.63) is 91.2 Å². The Morgan fingerprint density at radius 1 is 1.30 bits per heavy atom. The summed E-state index contributed by atoms with van der Waals surface area (Å²) in [7, 11) is 0. The van der Waals surface area contributed by atoms with E-state index in [0.29, 0.717) is 28.1 Å². The third-order valence-corrected chi connectivity index (χ3v) is 5.64. The van der Waals surface area contributed by atoms with Crippen LogP contribution in [0.25, 0.3) is 11.0 Å². The van der Waals surface area contributed by atoms with Gasteiger partial charge in [0.25, 0.3) is 5.91 Å². The average molecular weight is 445 g/mol. The summed E-state index contributed by atoms with van der Waals surface area (Å²) in [6.45, 7) is 5.86. The van der Waals surface area contributed by atoms with E-state index in [2.05, 4.69) is 22.5 Å². The quantitative estimate of drug-likeness (QED) is 0.519. The first-order valence-electron chi connectivity index (χ1n) is 8.36. The Bertz CT molecular complexity index is 1170. The lowest BCUT2D eigenvalue weighted by Gasteiger charge is -2.23. The van der Waals surface area contributed by atoms with Gasteiger partial charge in [0.15, 0.2) is 5.43 Å². The number of amides is 1. The van der Waals surface area contributed by atoms with Gasteiger partial charge in [-0.3, -0.25) is 9.59 Å². The van der Waals surface area contributed by atoms with Crippen LogP contribution in [0, 0.1) is 6.92 Å². The Morgan fingerprint density at radius 3 is 2.78 bits per heavy atom. The molecule has 0 saturated heterocycles. The van der Waals surface area contributed by atoms with Crippen molar-refractivity contribution in [1.82, 2.24) is 4.90 Å². The second kappa shape index (κ2) is 6.66. The maximum Gasteiger partial charge on any atom is 0.291 e. The first-order valence-corrected chi connectivity index (χ1v) is 9.53. The molecule has 1 atom stereocenters. The highest BCUT2D eigenvalue weighted by Crippen LogP contribution is 2.39. The van der Waals surface area contributed by atoms with Crippen molar-refractivity contribution in [2.45, 2.75) is 13.0 Å². The van der Waals surface area contributed by atoms with E-state index in [0.717, 1.165) is 15.6 Å². The summed E-state index contributed by atoms with van der Waals surface area (Å²) < 4.78 is 6.76. The van der Waals surface area contributed by atoms with Crippen LogP contribution in [0.4, 0.5) is 0 Å². The molecule has 0 N–H and O–H groups in total. The van der Waals surface area contributed by atoms with Crippen LogP contribution in [0.3, 0.4) is 0 Å². The van der Waals surface area contributed by atoms with Gasteiger partial charge in [0.2, 0.25) is 5.76 Å². The normalized spacial score (nSPS) is 16.0. The average Bonchev–Trinajstić information content (AvgIpc) is 2.90. The molecule has 0 spiro atoms. The third kappa shape index (κ3) is 2.82. The van der Waals surface area contributed by atoms with Gasteiger partial charge in [-0.2, -0.15) is 0 Å². The van der Waals surface area contributed by atoms with Gasteiger partial charge in [0, 0.05) is 16.0 Å². The molecule has 1 aliphatic heterocycles. The lowest BCUT2D eigenvalue weighted by atomic mass is 9.98. The Hall–Kier alpha value is -2.37. The summed E-state index contributed by atoms with van der Waals surface area (Å²) in [4.78, 5) is 27.9. The van der Waals surface area contributed by atoms with Crippen molar-refractivity contribution in [2.75, 3.05) is 6.54 Å². The molecule has 4 rings (SSSR count). The Morgan fingerprint density at radius 2 is 2.07 bits per heavy atom. The maximum atomic E-state index is 13.3. The largest absolute Gasteiger partial charge is 0.450 e. The van der Waals surface area contributed by atoms with Crippen molar-refractivity contribution in [2.24, 2.45) is 0 Å². The molecule has 3 aromatic rings. The molecule has 1 unspecified atom stereocenters. The number of rotatable bonds is 3. The van der Waals surface area contributed by atoms with Crippen LogP contribution in [-0.2, 0) is 0 Å². The summed E-state index contributed by atoms with van der Waals surface area (Å²) in [5.74, 6) is -0.234. The number of carbonyl (C=O) groups excluding carboxylic acids is 1. The van der Waals surface area contributed by atoms with Crippen molar-refractivity contribution < 1.29 is 9.21 Å². The molecule has 1 amide bonds. The summed E-state index contributed by atoms with van der Waals surface area (Å²) in [5.41, 5.74) is 2.07. The van der Waals surface area contributed by atoms with Crippen LogP contribution in [0.5, 0.6) is 0 Å². The van der Waals surface area contributed by atoms with Crippen LogP contribution >= 0.6 is 27.5 Å². The molecular weight excluding hydrogens is 430 g/mol. The fourth-order valence-electron chi connectivity index (χ4n) is 3.49. The molecule has 0 bridgehead atoms. The van der Waals surface area contributed by atoms with E-state index in [1.807, 2.05) is 31.2 Å². The molecule has 0 aliphatic carbocycles. The molecule has 0 fully saturated rings. The van der Waals surface area contributed by atoms with Crippen LogP contribution in [-0.4, -0.2) is 17.4 Å². The summed E-state index contributed by atoms with van der Waals surface area (Å²) in [5, 5.41) is 0.860. The molecule has 136 valence electrons. The lowest BCUT2D eigenvalue weighted by Crippen LogP contribution is -2.29. The van der Waals surface area contributed by atoms with Gasteiger partial charge < -0.3 is 9.32 Å². The number of benzene rings is 2. The fourth-order valence-corrected chi connectivity index (χ4v) is 4.07. The smallest absolute Gasteiger partial charge is 0.291 e. The number of aryl methyl sites for hydroxylation is 1. The van der Waals surface area contributed by atoms with Gasteiger partial charge in [0.1, 0.15) is 5.58 Å². The van der Waals surface area contributed by atoms with Crippen LogP contribution in [0.15, 0.2) is 62.7 Å². The van der Waals surface area contributed by atoms with Crippen molar-refractivity contribution in [1.29, 1.82) is 0 Å². The molecule has 1 aliphatic rings. The zero-order valence-corrected chi connectivity index (χ0v) is 16.8. The lowest BCUT2D eigenvalue weighted by molar-refractivity contribution is 0.0748. The first kappa shape index (κ1) is 18.0. The van der Waals surface area contributed by atoms with Crippen molar-refractivity contribution >= 4 is 44.4 Å². The topological polar surface area (TPSA) is 50.5 Å². The van der Waals surface area contributed by atoms with Gasteiger partial charge in [-0.1, -0.05) is 45.7 Å². The SMILES string of the molecule is C=CCN1C(=O)c2oc3cc(C)c(Cl)cc3c(=O)c2C1c1cccc(Br)c1. The van der Waals surface area contributed by atoms with E-state index in [-0.39, 0.29) is 17.1 Å². The monoisotopic (exact) mass is 443 g/mol. The third-order valence-electron chi connectivity index (χ3n) is 4.74. The summed E-state index contributed by atoms with van der Waals surface area (Å²) >= 11 is 9.67. The van der Waals surface area contributed by atoms with E-state index >= 15 is 0 Å². The molecule has 2 aromatic carbocycles. The van der Waals surface area contributed by atoms with Crippen molar-refractivity contribution in [3.63, 3.8) is 0 Å². The fraction of sp³-hybridized carbons (Fsp3) is 0.143. The molecule has 0 radical (unpaired) electrons. The van der Waals surface area contributed by atoms with Gasteiger partial charge >= 0.3 is 0 Å². The standard InChI is InChI=1S/C21H15BrClNO3/c1-3-7-24-18(12-5-4-6-13(22)9-12)17-19(25)14-10-15(23)11(2)8-16(14)27-20(17)21(24)26/h3-6,8-10,18H,1,7H2,2H3. The van der Waals surface area contributed by atoms with E-state index in [4.69, 9.17) is 16.0 Å². The molecule has 0 saturated carbocycles. The molecule has 27 heavy (non-hydrogen) atoms. The zero-order valence-electron chi connectivity index (χ0n) is 14.5. The molecule has 1 aromatic heterocycles. The minimum Gasteiger partial charge on any atom is -0.450 e. The van der Waals surface area contributed by atoms with E-state index < -0.39 is 6.04 Å². The Labute approximate surface area is 169 Å². The van der Waals surface area contributed by atoms with Gasteiger partial charge in [-0.05, 0) is 42.3 Å². The number of fused-ring (bicyclic) bond motifs is 2. The highest BCUT2D eigenvalue weighted by Gasteiger charge is 2.42. The highest BCUT2D eigenvalue weighted by molar-refractivity contribution is 9.10. The Balaban J connectivity index is 2.05. The van der Waals surface area contributed by atoms with E-state index in [1.165, 1.54) is 0 Å². The number of hydrogen-bond acceptors (Lipinski definition) is 3. The summed E-state index contributed by atoms with van der Waals surface area (Å²) in [6.07, 6.45) is 1.64. The van der Waals surface area contributed by atoms with E-state index in [1.54, 1.807) is 23.1 Å². The van der Waals surface area contributed by atoms with Crippen LogP contribution in [0.1, 0.15) is 33.3 Å². The van der Waals surface area contributed by atoms with E-state index in [9.17, 15) is 9.59 Å². The molecule has 2 heterocycles. The minimum absolute atomic E-state index is 0.0843. The number of halogens is 2. The van der Waals surface area contributed by atoms with Crippen LogP contribution in [0.2, 0.25) is 5.02 Å². The highest BCUT2D eigenvalue weighted by atomic mass is 79.9. The minimum atomic E-state index is -0.538. The predicted molar refractivity (Wildman–Crippen MR) is 109 cm³/mol. The molecule has 4 nitrogen and oxygen atoms in total. The number of hydrogen-bond donors (Lipinski definition) is 0. The Kier molecular flexibility index (Phi) is 4.44. The second-order valence-electron chi connectivity index (χ2n) is 6.48. The van der Waals surface area contributed by atoms with Gasteiger partial charge in [-0.15, -0.1) is 6.58 Å². The first-order chi connectivity index (χ1) is 12.9. The molecule has 6 heteroatoms. The van der Waals surface area contributed by atoms with Gasteiger partial charge in [-0.25, -0.2) is 0 Å². The second-order valence-corrected chi connectivity index (χ2v) is 7.80. The zero-order chi connectivity index (χ0) is 19.3. The number of carbonyl (C=O) groups is 1. The maximum absolute atomic E-state index is 13.3. The predicted octanol–water partition coefficient (Wildman–Crippen LogP) is 5.25. The summed E-state index contributed by atoms with van der Waals surface area (Å²) in [6, 6.07) is 10.3. The van der Waals surface area contributed by atoms with Crippen molar-refractivity contribution in [3.8, 4) is 0 Å². The van der Waals surface area contributed by atoms with Crippen LogP contribution < -0.4 is 5.43 Å². The van der Waals surface area contributed by atoms with Gasteiger partial charge in [0.05, 0.1) is 17.0 Å².